The lowest BCUT2D eigenvalue weighted by molar-refractivity contribution is -0.140. The van der Waals surface area contributed by atoms with Crippen molar-refractivity contribution in [3.8, 4) is 0 Å². The standard InChI is InChI=1S/C13H14ClF4NO/c1-8(2)19(6-5-14)12(20)9-3-4-11(15)10(7-9)13(16,17)18/h3-4,7-8H,5-6H2,1-2H3. The number of rotatable bonds is 4. The van der Waals surface area contributed by atoms with Gasteiger partial charge in [0.25, 0.3) is 5.91 Å². The number of halogens is 5. The van der Waals surface area contributed by atoms with E-state index in [4.69, 9.17) is 11.6 Å². The minimum atomic E-state index is -4.84. The van der Waals surface area contributed by atoms with Gasteiger partial charge in [-0.3, -0.25) is 4.79 Å². The van der Waals surface area contributed by atoms with Gasteiger partial charge >= 0.3 is 6.18 Å². The minimum absolute atomic E-state index is 0.164. The fourth-order valence-corrected chi connectivity index (χ4v) is 1.91. The van der Waals surface area contributed by atoms with Crippen LogP contribution < -0.4 is 0 Å². The van der Waals surface area contributed by atoms with Gasteiger partial charge in [-0.15, -0.1) is 11.6 Å². The summed E-state index contributed by atoms with van der Waals surface area (Å²) in [4.78, 5) is 13.5. The van der Waals surface area contributed by atoms with Crippen LogP contribution in [0.25, 0.3) is 0 Å². The van der Waals surface area contributed by atoms with Gasteiger partial charge in [0, 0.05) is 24.0 Å². The molecule has 1 aromatic carbocycles. The molecular formula is C13H14ClF4NO. The van der Waals surface area contributed by atoms with Crippen LogP contribution in [0.3, 0.4) is 0 Å². The molecule has 0 aliphatic rings. The average Bonchev–Trinajstić information content (AvgIpc) is 2.34. The number of carbonyl (C=O) groups excluding carboxylic acids is 1. The number of alkyl halides is 4. The van der Waals surface area contributed by atoms with Gasteiger partial charge in [-0.25, -0.2) is 4.39 Å². The molecule has 0 saturated carbocycles. The van der Waals surface area contributed by atoms with E-state index >= 15 is 0 Å². The minimum Gasteiger partial charge on any atom is -0.335 e. The predicted octanol–water partition coefficient (Wildman–Crippen LogP) is 3.93. The summed E-state index contributed by atoms with van der Waals surface area (Å²) in [5.74, 6) is -1.84. The second-order valence-electron chi connectivity index (χ2n) is 4.47. The summed E-state index contributed by atoms with van der Waals surface area (Å²) in [5.41, 5.74) is -1.66. The molecule has 2 nitrogen and oxygen atoms in total. The number of nitrogens with zero attached hydrogens (tertiary/aromatic N) is 1. The van der Waals surface area contributed by atoms with Crippen LogP contribution in [-0.4, -0.2) is 29.3 Å². The van der Waals surface area contributed by atoms with Crippen LogP contribution in [0.1, 0.15) is 29.8 Å². The summed E-state index contributed by atoms with van der Waals surface area (Å²) in [6.45, 7) is 3.65. The topological polar surface area (TPSA) is 20.3 Å². The van der Waals surface area contributed by atoms with Crippen molar-refractivity contribution in [1.29, 1.82) is 0 Å². The Kier molecular flexibility index (Phi) is 5.39. The summed E-state index contributed by atoms with van der Waals surface area (Å²) in [6.07, 6.45) is -4.84. The summed E-state index contributed by atoms with van der Waals surface area (Å²) >= 11 is 5.57. The van der Waals surface area contributed by atoms with Crippen molar-refractivity contribution in [2.24, 2.45) is 0 Å². The fourth-order valence-electron chi connectivity index (χ4n) is 1.73. The second-order valence-corrected chi connectivity index (χ2v) is 4.85. The van der Waals surface area contributed by atoms with E-state index in [-0.39, 0.29) is 24.0 Å². The highest BCUT2D eigenvalue weighted by Gasteiger charge is 2.35. The lowest BCUT2D eigenvalue weighted by atomic mass is 10.1. The van der Waals surface area contributed by atoms with Crippen molar-refractivity contribution < 1.29 is 22.4 Å². The van der Waals surface area contributed by atoms with E-state index in [2.05, 4.69) is 0 Å². The van der Waals surface area contributed by atoms with Gasteiger partial charge < -0.3 is 4.90 Å². The van der Waals surface area contributed by atoms with Gasteiger partial charge in [0.2, 0.25) is 0 Å². The monoisotopic (exact) mass is 311 g/mol. The van der Waals surface area contributed by atoms with Crippen LogP contribution in [0.4, 0.5) is 17.6 Å². The van der Waals surface area contributed by atoms with E-state index in [1.165, 1.54) is 4.90 Å². The molecule has 0 bridgehead atoms. The molecule has 1 aromatic rings. The Bertz CT molecular complexity index is 488. The molecule has 112 valence electrons. The van der Waals surface area contributed by atoms with Crippen molar-refractivity contribution in [2.75, 3.05) is 12.4 Å². The molecule has 0 fully saturated rings. The Balaban J connectivity index is 3.17. The predicted molar refractivity (Wildman–Crippen MR) is 68.3 cm³/mol. The molecule has 20 heavy (non-hydrogen) atoms. The maximum atomic E-state index is 13.2. The van der Waals surface area contributed by atoms with E-state index in [9.17, 15) is 22.4 Å². The van der Waals surface area contributed by atoms with Gasteiger partial charge in [-0.05, 0) is 32.0 Å². The van der Waals surface area contributed by atoms with E-state index < -0.39 is 23.5 Å². The quantitative estimate of drug-likeness (QED) is 0.609. The van der Waals surface area contributed by atoms with Crippen LogP contribution in [-0.2, 0) is 6.18 Å². The highest BCUT2D eigenvalue weighted by molar-refractivity contribution is 6.18. The third-order valence-corrected chi connectivity index (χ3v) is 2.90. The molecule has 1 amide bonds. The van der Waals surface area contributed by atoms with Crippen LogP contribution in [0.2, 0.25) is 0 Å². The number of benzene rings is 1. The summed E-state index contributed by atoms with van der Waals surface area (Å²) in [5, 5.41) is 0. The zero-order chi connectivity index (χ0) is 15.5. The number of hydrogen-bond acceptors (Lipinski definition) is 1. The number of carbonyl (C=O) groups is 1. The van der Waals surface area contributed by atoms with Gasteiger partial charge in [0.15, 0.2) is 0 Å². The molecule has 0 radical (unpaired) electrons. The maximum Gasteiger partial charge on any atom is 0.419 e. The van der Waals surface area contributed by atoms with Crippen LogP contribution in [0, 0.1) is 5.82 Å². The molecule has 0 atom stereocenters. The average molecular weight is 312 g/mol. The van der Waals surface area contributed by atoms with Gasteiger partial charge in [0.1, 0.15) is 5.82 Å². The highest BCUT2D eigenvalue weighted by atomic mass is 35.5. The first-order valence-corrected chi connectivity index (χ1v) is 6.45. The van der Waals surface area contributed by atoms with Crippen molar-refractivity contribution in [3.05, 3.63) is 35.1 Å². The van der Waals surface area contributed by atoms with Crippen LogP contribution in [0.15, 0.2) is 18.2 Å². The van der Waals surface area contributed by atoms with E-state index in [1.807, 2.05) is 0 Å². The summed E-state index contributed by atoms with van der Waals surface area (Å²) in [7, 11) is 0. The van der Waals surface area contributed by atoms with Crippen molar-refractivity contribution in [2.45, 2.75) is 26.1 Å². The third-order valence-electron chi connectivity index (χ3n) is 2.73. The first kappa shape index (κ1) is 16.8. The first-order valence-electron chi connectivity index (χ1n) is 5.92. The smallest absolute Gasteiger partial charge is 0.335 e. The van der Waals surface area contributed by atoms with E-state index in [0.29, 0.717) is 12.1 Å². The van der Waals surface area contributed by atoms with Gasteiger partial charge in [-0.2, -0.15) is 13.2 Å². The fraction of sp³-hybridized carbons (Fsp3) is 0.462. The molecule has 0 aliphatic heterocycles. The molecule has 0 N–H and O–H groups in total. The first-order chi connectivity index (χ1) is 9.18. The van der Waals surface area contributed by atoms with E-state index in [0.717, 1.165) is 6.07 Å². The van der Waals surface area contributed by atoms with E-state index in [1.54, 1.807) is 13.8 Å². The molecule has 0 aliphatic carbocycles. The Morgan fingerprint density at radius 1 is 1.35 bits per heavy atom. The van der Waals surface area contributed by atoms with Crippen LogP contribution in [0.5, 0.6) is 0 Å². The van der Waals surface area contributed by atoms with Crippen LogP contribution >= 0.6 is 11.6 Å². The molecule has 0 aromatic heterocycles. The largest absolute Gasteiger partial charge is 0.419 e. The molecule has 0 unspecified atom stereocenters. The zero-order valence-electron chi connectivity index (χ0n) is 11.0. The lowest BCUT2D eigenvalue weighted by Crippen LogP contribution is -2.38. The SMILES string of the molecule is CC(C)N(CCCl)C(=O)c1ccc(F)c(C(F)(F)F)c1. The Morgan fingerprint density at radius 2 is 1.95 bits per heavy atom. The Hall–Kier alpha value is -1.30. The Labute approximate surface area is 119 Å². The van der Waals surface area contributed by atoms with Crippen molar-refractivity contribution >= 4 is 17.5 Å². The highest BCUT2D eigenvalue weighted by Crippen LogP contribution is 2.32. The molecule has 0 saturated heterocycles. The van der Waals surface area contributed by atoms with Crippen molar-refractivity contribution in [1.82, 2.24) is 4.90 Å². The summed E-state index contributed by atoms with van der Waals surface area (Å²) < 4.78 is 51.0. The molecule has 0 heterocycles. The van der Waals surface area contributed by atoms with Gasteiger partial charge in [0.05, 0.1) is 5.56 Å². The Morgan fingerprint density at radius 3 is 2.40 bits per heavy atom. The molecule has 0 spiro atoms. The molecule has 1 rings (SSSR count). The number of hydrogen-bond donors (Lipinski definition) is 0. The molecular weight excluding hydrogens is 298 g/mol. The number of amides is 1. The van der Waals surface area contributed by atoms with Crippen molar-refractivity contribution in [3.63, 3.8) is 0 Å². The third kappa shape index (κ3) is 3.85. The second kappa shape index (κ2) is 6.43. The zero-order valence-corrected chi connectivity index (χ0v) is 11.7. The normalized spacial score (nSPS) is 11.8. The maximum absolute atomic E-state index is 13.2. The van der Waals surface area contributed by atoms with Gasteiger partial charge in [-0.1, -0.05) is 0 Å². The molecule has 7 heteroatoms. The summed E-state index contributed by atoms with van der Waals surface area (Å²) in [6, 6.07) is 1.99. The lowest BCUT2D eigenvalue weighted by Gasteiger charge is -2.26.